The summed E-state index contributed by atoms with van der Waals surface area (Å²) < 4.78 is 59.4. The fourth-order valence-electron chi connectivity index (χ4n) is 2.77. The van der Waals surface area contributed by atoms with Crippen LogP contribution in [-0.2, 0) is 20.0 Å². The zero-order valence-electron chi connectivity index (χ0n) is 17.2. The molecule has 3 rings (SSSR count). The van der Waals surface area contributed by atoms with Gasteiger partial charge >= 0.3 is 0 Å². The van der Waals surface area contributed by atoms with E-state index in [-0.39, 0.29) is 21.0 Å². The second-order valence-corrected chi connectivity index (χ2v) is 10.1. The van der Waals surface area contributed by atoms with Gasteiger partial charge in [-0.2, -0.15) is 0 Å². The average Bonchev–Trinajstić information content (AvgIpc) is 2.79. The number of ether oxygens (including phenoxy) is 1. The summed E-state index contributed by atoms with van der Waals surface area (Å²) >= 11 is 0. The van der Waals surface area contributed by atoms with E-state index in [2.05, 4.69) is 14.8 Å². The van der Waals surface area contributed by atoms with Crippen LogP contribution in [0.4, 0.5) is 11.4 Å². The molecule has 168 valence electrons. The summed E-state index contributed by atoms with van der Waals surface area (Å²) in [6.07, 6.45) is 0. The van der Waals surface area contributed by atoms with Crippen LogP contribution in [0.1, 0.15) is 10.4 Å². The van der Waals surface area contributed by atoms with Crippen molar-refractivity contribution in [2.75, 3.05) is 24.2 Å². The Labute approximate surface area is 186 Å². The van der Waals surface area contributed by atoms with E-state index in [1.807, 2.05) is 0 Å². The molecule has 0 atom stereocenters. The summed E-state index contributed by atoms with van der Waals surface area (Å²) in [5.74, 6) is 0.0960. The van der Waals surface area contributed by atoms with Crippen LogP contribution in [0.3, 0.4) is 0 Å². The quantitative estimate of drug-likeness (QED) is 0.459. The monoisotopic (exact) mass is 475 g/mol. The Morgan fingerprint density at radius 3 is 2.06 bits per heavy atom. The van der Waals surface area contributed by atoms with Gasteiger partial charge in [0.25, 0.3) is 15.9 Å². The molecule has 0 heterocycles. The normalized spacial score (nSPS) is 11.6. The van der Waals surface area contributed by atoms with Gasteiger partial charge in [0.1, 0.15) is 5.75 Å². The molecule has 0 radical (unpaired) electrons. The van der Waals surface area contributed by atoms with Crippen LogP contribution >= 0.6 is 0 Å². The Morgan fingerprint density at radius 2 is 1.44 bits per heavy atom. The molecule has 3 N–H and O–H groups in total. The van der Waals surface area contributed by atoms with Crippen molar-refractivity contribution < 1.29 is 26.4 Å². The summed E-state index contributed by atoms with van der Waals surface area (Å²) in [7, 11) is -5.26. The first-order valence-electron chi connectivity index (χ1n) is 9.27. The molecule has 3 aromatic carbocycles. The van der Waals surface area contributed by atoms with E-state index in [0.717, 1.165) is 6.07 Å². The van der Waals surface area contributed by atoms with Gasteiger partial charge in [-0.25, -0.2) is 21.6 Å². The molecule has 0 aromatic heterocycles. The highest BCUT2D eigenvalue weighted by atomic mass is 32.2. The number of carbonyl (C=O) groups excluding carboxylic acids is 1. The lowest BCUT2D eigenvalue weighted by molar-refractivity contribution is 0.102. The van der Waals surface area contributed by atoms with Crippen LogP contribution in [0.5, 0.6) is 5.75 Å². The molecule has 0 fully saturated rings. The van der Waals surface area contributed by atoms with Crippen molar-refractivity contribution >= 4 is 37.3 Å². The van der Waals surface area contributed by atoms with E-state index in [1.165, 1.54) is 44.5 Å². The van der Waals surface area contributed by atoms with Crippen molar-refractivity contribution in [1.82, 2.24) is 4.72 Å². The van der Waals surface area contributed by atoms with Crippen molar-refractivity contribution in [3.05, 3.63) is 78.4 Å². The summed E-state index contributed by atoms with van der Waals surface area (Å²) in [6, 6.07) is 17.6. The minimum atomic E-state index is -4.18. The second kappa shape index (κ2) is 9.39. The predicted molar refractivity (Wildman–Crippen MR) is 121 cm³/mol. The fourth-order valence-corrected chi connectivity index (χ4v) is 4.75. The van der Waals surface area contributed by atoms with Crippen molar-refractivity contribution in [3.8, 4) is 5.75 Å². The van der Waals surface area contributed by atoms with Gasteiger partial charge in [-0.3, -0.25) is 9.52 Å². The number of carbonyl (C=O) groups is 1. The van der Waals surface area contributed by atoms with Gasteiger partial charge in [-0.15, -0.1) is 0 Å². The van der Waals surface area contributed by atoms with E-state index in [9.17, 15) is 21.6 Å². The van der Waals surface area contributed by atoms with Crippen LogP contribution in [0, 0.1) is 0 Å². The number of sulfonamides is 2. The average molecular weight is 476 g/mol. The van der Waals surface area contributed by atoms with Crippen molar-refractivity contribution in [3.63, 3.8) is 0 Å². The van der Waals surface area contributed by atoms with E-state index in [1.54, 1.807) is 36.4 Å². The number of rotatable bonds is 8. The molecule has 0 unspecified atom stereocenters. The number of amides is 1. The van der Waals surface area contributed by atoms with Gasteiger partial charge in [0, 0.05) is 5.69 Å². The first-order valence-corrected chi connectivity index (χ1v) is 12.2. The minimum absolute atomic E-state index is 0.0420. The molecule has 1 amide bonds. The summed E-state index contributed by atoms with van der Waals surface area (Å²) in [5, 5.41) is 2.70. The Morgan fingerprint density at radius 1 is 0.812 bits per heavy atom. The Kier molecular flexibility index (Phi) is 6.82. The van der Waals surface area contributed by atoms with Crippen LogP contribution in [0.15, 0.2) is 82.6 Å². The maximum absolute atomic E-state index is 12.9. The van der Waals surface area contributed by atoms with Gasteiger partial charge in [0.15, 0.2) is 0 Å². The number of hydrogen-bond acceptors (Lipinski definition) is 6. The molecule has 0 saturated heterocycles. The number of methoxy groups -OCH3 is 1. The molecule has 0 aliphatic rings. The first-order chi connectivity index (χ1) is 15.2. The molecule has 0 aliphatic heterocycles. The Bertz CT molecular complexity index is 1340. The summed E-state index contributed by atoms with van der Waals surface area (Å²) in [5.41, 5.74) is 0.629. The predicted octanol–water partition coefficient (Wildman–Crippen LogP) is 2.66. The van der Waals surface area contributed by atoms with Crippen molar-refractivity contribution in [2.45, 2.75) is 9.79 Å². The molecular formula is C21H21N3O6S2. The van der Waals surface area contributed by atoms with Gasteiger partial charge in [-0.1, -0.05) is 18.2 Å². The van der Waals surface area contributed by atoms with Crippen LogP contribution in [0.25, 0.3) is 0 Å². The summed E-state index contributed by atoms with van der Waals surface area (Å²) in [4.78, 5) is 12.3. The number of nitrogens with one attached hydrogen (secondary N) is 3. The fraction of sp³-hybridized carbons (Fsp3) is 0.0952. The third kappa shape index (κ3) is 5.25. The van der Waals surface area contributed by atoms with Crippen molar-refractivity contribution in [1.29, 1.82) is 0 Å². The number of hydrogen-bond donors (Lipinski definition) is 3. The molecule has 0 bridgehead atoms. The number of para-hydroxylation sites is 1. The molecule has 0 aliphatic carbocycles. The summed E-state index contributed by atoms with van der Waals surface area (Å²) in [6.45, 7) is 0. The highest BCUT2D eigenvalue weighted by molar-refractivity contribution is 7.93. The lowest BCUT2D eigenvalue weighted by atomic mass is 10.1. The standard InChI is InChI=1S/C21H21N3O6S2/c1-22-31(26,27)17-6-5-7-18(14-17)32(28,29)24-20-9-4-3-8-19(20)21(25)23-15-10-12-16(30-2)13-11-15/h3-14,22,24H,1-2H3,(H,23,25). The zero-order valence-corrected chi connectivity index (χ0v) is 18.8. The molecule has 3 aromatic rings. The molecule has 11 heteroatoms. The minimum Gasteiger partial charge on any atom is -0.497 e. The van der Waals surface area contributed by atoms with E-state index >= 15 is 0 Å². The SMILES string of the molecule is CNS(=O)(=O)c1cccc(S(=O)(=O)Nc2ccccc2C(=O)Nc2ccc(OC)cc2)c1. The number of benzene rings is 3. The molecule has 9 nitrogen and oxygen atoms in total. The maximum Gasteiger partial charge on any atom is 0.261 e. The third-order valence-electron chi connectivity index (χ3n) is 4.46. The number of anilines is 2. The Hall–Kier alpha value is -3.41. The van der Waals surface area contributed by atoms with Gasteiger partial charge in [-0.05, 0) is 61.6 Å². The zero-order chi connectivity index (χ0) is 23.4. The molecule has 0 saturated carbocycles. The lowest BCUT2D eigenvalue weighted by Crippen LogP contribution is -2.20. The van der Waals surface area contributed by atoms with E-state index in [0.29, 0.717) is 11.4 Å². The largest absolute Gasteiger partial charge is 0.497 e. The molecular weight excluding hydrogens is 454 g/mol. The van der Waals surface area contributed by atoms with Crippen LogP contribution < -0.4 is 19.5 Å². The smallest absolute Gasteiger partial charge is 0.261 e. The first kappa shape index (κ1) is 23.3. The molecule has 0 spiro atoms. The highest BCUT2D eigenvalue weighted by Gasteiger charge is 2.21. The topological polar surface area (TPSA) is 131 Å². The second-order valence-electron chi connectivity index (χ2n) is 6.52. The van der Waals surface area contributed by atoms with Crippen LogP contribution in [-0.4, -0.2) is 36.9 Å². The highest BCUT2D eigenvalue weighted by Crippen LogP contribution is 2.23. The van der Waals surface area contributed by atoms with E-state index in [4.69, 9.17) is 4.74 Å². The van der Waals surface area contributed by atoms with Crippen molar-refractivity contribution in [2.24, 2.45) is 0 Å². The lowest BCUT2D eigenvalue weighted by Gasteiger charge is -2.13. The maximum atomic E-state index is 12.9. The van der Waals surface area contributed by atoms with Gasteiger partial charge in [0.2, 0.25) is 10.0 Å². The Balaban J connectivity index is 1.88. The van der Waals surface area contributed by atoms with Gasteiger partial charge in [0.05, 0.1) is 28.2 Å². The molecule has 32 heavy (non-hydrogen) atoms. The van der Waals surface area contributed by atoms with Crippen LogP contribution in [0.2, 0.25) is 0 Å². The third-order valence-corrected chi connectivity index (χ3v) is 7.23. The van der Waals surface area contributed by atoms with Gasteiger partial charge < -0.3 is 10.1 Å². The van der Waals surface area contributed by atoms with E-state index < -0.39 is 26.0 Å².